The summed E-state index contributed by atoms with van der Waals surface area (Å²) in [5.74, 6) is 1.77. The standard InChI is InChI=1S/C16H27N3O2/c1-5-21-12-6-11-18-16(17-2)19(3)13-14-7-9-15(20-4)10-8-14/h7-10H,5-6,11-13H2,1-4H3,(H,17,18). The van der Waals surface area contributed by atoms with E-state index in [1.807, 2.05) is 26.1 Å². The summed E-state index contributed by atoms with van der Waals surface area (Å²) in [6.45, 7) is 5.22. The number of ether oxygens (including phenoxy) is 2. The van der Waals surface area contributed by atoms with Gasteiger partial charge in [0.1, 0.15) is 5.75 Å². The maximum Gasteiger partial charge on any atom is 0.193 e. The van der Waals surface area contributed by atoms with Crippen LogP contribution in [0.1, 0.15) is 18.9 Å². The molecule has 5 heteroatoms. The Morgan fingerprint density at radius 2 is 2.00 bits per heavy atom. The molecule has 0 saturated heterocycles. The average Bonchev–Trinajstić information content (AvgIpc) is 2.51. The van der Waals surface area contributed by atoms with Crippen molar-refractivity contribution in [2.24, 2.45) is 4.99 Å². The van der Waals surface area contributed by atoms with E-state index in [0.717, 1.165) is 44.4 Å². The van der Waals surface area contributed by atoms with Crippen LogP contribution in [-0.4, -0.2) is 51.8 Å². The van der Waals surface area contributed by atoms with Gasteiger partial charge in [0.15, 0.2) is 5.96 Å². The van der Waals surface area contributed by atoms with Gasteiger partial charge in [-0.1, -0.05) is 12.1 Å². The first-order valence-corrected chi connectivity index (χ1v) is 7.33. The number of hydrogen-bond acceptors (Lipinski definition) is 3. The Kier molecular flexibility index (Phi) is 8.28. The van der Waals surface area contributed by atoms with Crippen molar-refractivity contribution in [1.82, 2.24) is 10.2 Å². The quantitative estimate of drug-likeness (QED) is 0.453. The van der Waals surface area contributed by atoms with E-state index in [1.54, 1.807) is 14.2 Å². The molecule has 21 heavy (non-hydrogen) atoms. The van der Waals surface area contributed by atoms with Crippen molar-refractivity contribution in [3.8, 4) is 5.75 Å². The minimum absolute atomic E-state index is 0.770. The number of rotatable bonds is 8. The van der Waals surface area contributed by atoms with Crippen molar-refractivity contribution < 1.29 is 9.47 Å². The van der Waals surface area contributed by atoms with Gasteiger partial charge in [0.05, 0.1) is 7.11 Å². The van der Waals surface area contributed by atoms with Gasteiger partial charge < -0.3 is 19.7 Å². The van der Waals surface area contributed by atoms with E-state index in [2.05, 4.69) is 27.3 Å². The van der Waals surface area contributed by atoms with Crippen LogP contribution in [0.3, 0.4) is 0 Å². The fourth-order valence-electron chi connectivity index (χ4n) is 1.98. The van der Waals surface area contributed by atoms with Crippen LogP contribution in [0.2, 0.25) is 0 Å². The van der Waals surface area contributed by atoms with Gasteiger partial charge in [-0.2, -0.15) is 0 Å². The zero-order chi connectivity index (χ0) is 15.5. The highest BCUT2D eigenvalue weighted by atomic mass is 16.5. The summed E-state index contributed by atoms with van der Waals surface area (Å²) in [6.07, 6.45) is 0.975. The zero-order valence-electron chi connectivity index (χ0n) is 13.6. The molecule has 0 atom stereocenters. The molecule has 0 radical (unpaired) electrons. The predicted molar refractivity (Wildman–Crippen MR) is 86.9 cm³/mol. The second-order valence-electron chi connectivity index (χ2n) is 4.73. The van der Waals surface area contributed by atoms with Gasteiger partial charge in [-0.25, -0.2) is 0 Å². The molecular formula is C16H27N3O2. The van der Waals surface area contributed by atoms with Gasteiger partial charge >= 0.3 is 0 Å². The third kappa shape index (κ3) is 6.49. The Bertz CT molecular complexity index is 418. The molecule has 0 amide bonds. The first kappa shape index (κ1) is 17.3. The molecule has 0 aliphatic heterocycles. The van der Waals surface area contributed by atoms with Crippen molar-refractivity contribution in [2.75, 3.05) is 41.0 Å². The molecule has 1 rings (SSSR count). The minimum Gasteiger partial charge on any atom is -0.497 e. The van der Waals surface area contributed by atoms with Gasteiger partial charge in [0, 0.05) is 40.4 Å². The number of nitrogens with one attached hydrogen (secondary N) is 1. The molecule has 0 bridgehead atoms. The molecule has 0 aromatic heterocycles. The summed E-state index contributed by atoms with van der Waals surface area (Å²) >= 11 is 0. The van der Waals surface area contributed by atoms with E-state index in [4.69, 9.17) is 9.47 Å². The molecular weight excluding hydrogens is 266 g/mol. The molecule has 1 aromatic carbocycles. The molecule has 0 saturated carbocycles. The molecule has 0 fully saturated rings. The maximum atomic E-state index is 5.32. The second kappa shape index (κ2) is 10.0. The van der Waals surface area contributed by atoms with Crippen molar-refractivity contribution in [2.45, 2.75) is 19.9 Å². The van der Waals surface area contributed by atoms with Gasteiger partial charge in [-0.05, 0) is 31.0 Å². The highest BCUT2D eigenvalue weighted by Gasteiger charge is 2.06. The number of nitrogens with zero attached hydrogens (tertiary/aromatic N) is 2. The molecule has 0 heterocycles. The van der Waals surface area contributed by atoms with Crippen molar-refractivity contribution in [3.05, 3.63) is 29.8 Å². The summed E-state index contributed by atoms with van der Waals surface area (Å²) in [7, 11) is 5.51. The molecule has 0 spiro atoms. The van der Waals surface area contributed by atoms with Gasteiger partial charge in [0.25, 0.3) is 0 Å². The third-order valence-electron chi connectivity index (χ3n) is 3.10. The number of benzene rings is 1. The molecule has 5 nitrogen and oxygen atoms in total. The molecule has 1 N–H and O–H groups in total. The lowest BCUT2D eigenvalue weighted by atomic mass is 10.2. The zero-order valence-corrected chi connectivity index (χ0v) is 13.6. The Balaban J connectivity index is 2.41. The van der Waals surface area contributed by atoms with Gasteiger partial charge in [-0.3, -0.25) is 4.99 Å². The Labute approximate surface area is 128 Å². The monoisotopic (exact) mass is 293 g/mol. The summed E-state index contributed by atoms with van der Waals surface area (Å²) in [6, 6.07) is 8.08. The molecule has 1 aromatic rings. The van der Waals surface area contributed by atoms with Crippen LogP contribution in [0.25, 0.3) is 0 Å². The average molecular weight is 293 g/mol. The normalized spacial score (nSPS) is 11.3. The van der Waals surface area contributed by atoms with Crippen molar-refractivity contribution >= 4 is 5.96 Å². The second-order valence-corrected chi connectivity index (χ2v) is 4.73. The summed E-state index contributed by atoms with van der Waals surface area (Å²) < 4.78 is 10.5. The van der Waals surface area contributed by atoms with Gasteiger partial charge in [0.2, 0.25) is 0 Å². The number of methoxy groups -OCH3 is 1. The van der Waals surface area contributed by atoms with Crippen molar-refractivity contribution in [1.29, 1.82) is 0 Å². The fraction of sp³-hybridized carbons (Fsp3) is 0.562. The van der Waals surface area contributed by atoms with Crippen molar-refractivity contribution in [3.63, 3.8) is 0 Å². The molecule has 118 valence electrons. The maximum absolute atomic E-state index is 5.32. The van der Waals surface area contributed by atoms with E-state index in [9.17, 15) is 0 Å². The lowest BCUT2D eigenvalue weighted by Gasteiger charge is -2.22. The van der Waals surface area contributed by atoms with Crippen LogP contribution < -0.4 is 10.1 Å². The van der Waals surface area contributed by atoms with E-state index in [-0.39, 0.29) is 0 Å². The molecule has 0 aliphatic carbocycles. The van der Waals surface area contributed by atoms with E-state index in [0.29, 0.717) is 0 Å². The number of guanidine groups is 1. The highest BCUT2D eigenvalue weighted by Crippen LogP contribution is 2.12. The van der Waals surface area contributed by atoms with E-state index < -0.39 is 0 Å². The molecule has 0 aliphatic rings. The lowest BCUT2D eigenvalue weighted by Crippen LogP contribution is -2.39. The summed E-state index contributed by atoms with van der Waals surface area (Å²) in [5.41, 5.74) is 1.22. The minimum atomic E-state index is 0.770. The highest BCUT2D eigenvalue weighted by molar-refractivity contribution is 5.79. The van der Waals surface area contributed by atoms with Gasteiger partial charge in [-0.15, -0.1) is 0 Å². The fourth-order valence-corrected chi connectivity index (χ4v) is 1.98. The van der Waals surface area contributed by atoms with Crippen LogP contribution in [0, 0.1) is 0 Å². The Morgan fingerprint density at radius 1 is 1.29 bits per heavy atom. The van der Waals surface area contributed by atoms with E-state index >= 15 is 0 Å². The van der Waals surface area contributed by atoms with Crippen LogP contribution >= 0.6 is 0 Å². The molecule has 0 unspecified atom stereocenters. The first-order chi connectivity index (χ1) is 10.2. The van der Waals surface area contributed by atoms with Crippen LogP contribution in [-0.2, 0) is 11.3 Å². The van der Waals surface area contributed by atoms with Crippen LogP contribution in [0.4, 0.5) is 0 Å². The third-order valence-corrected chi connectivity index (χ3v) is 3.10. The lowest BCUT2D eigenvalue weighted by molar-refractivity contribution is 0.145. The number of hydrogen-bond donors (Lipinski definition) is 1. The first-order valence-electron chi connectivity index (χ1n) is 7.33. The largest absolute Gasteiger partial charge is 0.497 e. The summed E-state index contributed by atoms with van der Waals surface area (Å²) in [4.78, 5) is 6.40. The van der Waals surface area contributed by atoms with Crippen LogP contribution in [0.5, 0.6) is 5.75 Å². The number of aliphatic imine (C=N–C) groups is 1. The van der Waals surface area contributed by atoms with E-state index in [1.165, 1.54) is 5.56 Å². The Hall–Kier alpha value is -1.75. The smallest absolute Gasteiger partial charge is 0.193 e. The topological polar surface area (TPSA) is 46.1 Å². The summed E-state index contributed by atoms with van der Waals surface area (Å²) in [5, 5.41) is 3.34. The Morgan fingerprint density at radius 3 is 2.57 bits per heavy atom. The SMILES string of the molecule is CCOCCCNC(=NC)N(C)Cc1ccc(OC)cc1. The predicted octanol–water partition coefficient (Wildman–Crippen LogP) is 2.13. The van der Waals surface area contributed by atoms with Crippen LogP contribution in [0.15, 0.2) is 29.3 Å².